The number of pyridine rings is 1. The molecule has 2 aromatic heterocycles. The van der Waals surface area contributed by atoms with Gasteiger partial charge in [0.1, 0.15) is 5.65 Å². The number of hydrogen-bond donors (Lipinski definition) is 1. The Morgan fingerprint density at radius 3 is 2.76 bits per heavy atom. The summed E-state index contributed by atoms with van der Waals surface area (Å²) in [5.74, 6) is 0.151. The van der Waals surface area contributed by atoms with Gasteiger partial charge in [-0.25, -0.2) is 4.98 Å². The molecule has 2 aromatic rings. The maximum Gasteiger partial charge on any atom is 0.229 e. The van der Waals surface area contributed by atoms with Crippen LogP contribution >= 0.6 is 0 Å². The molecular weight excluding hydrogens is 266 g/mol. The van der Waals surface area contributed by atoms with Crippen LogP contribution in [0.25, 0.3) is 5.65 Å². The summed E-state index contributed by atoms with van der Waals surface area (Å²) in [5.41, 5.74) is 1.69. The molecule has 0 aromatic carbocycles. The second-order valence-electron chi connectivity index (χ2n) is 6.19. The second kappa shape index (κ2) is 4.84. The lowest BCUT2D eigenvalue weighted by molar-refractivity contribution is -0.136. The quantitative estimate of drug-likeness (QED) is 0.907. The summed E-state index contributed by atoms with van der Waals surface area (Å²) in [6, 6.07) is 6.29. The van der Waals surface area contributed by atoms with E-state index in [1.807, 2.05) is 39.9 Å². The summed E-state index contributed by atoms with van der Waals surface area (Å²) >= 11 is 0. The van der Waals surface area contributed by atoms with Crippen LogP contribution < -0.4 is 0 Å². The summed E-state index contributed by atoms with van der Waals surface area (Å²) in [4.78, 5) is 19.1. The largest absolute Gasteiger partial charge is 0.393 e. The third-order valence-electron chi connectivity index (χ3n) is 4.74. The number of carbonyl (C=O) groups is 1. The number of aliphatic hydroxyl groups is 1. The first kappa shape index (κ1) is 12.8. The number of carbonyl (C=O) groups excluding carboxylic acids is 1. The number of hydrogen-bond acceptors (Lipinski definition) is 3. The van der Waals surface area contributed by atoms with Crippen molar-refractivity contribution in [3.8, 4) is 0 Å². The van der Waals surface area contributed by atoms with Gasteiger partial charge in [0.15, 0.2) is 0 Å². The second-order valence-corrected chi connectivity index (χ2v) is 6.19. The minimum atomic E-state index is -0.234. The van der Waals surface area contributed by atoms with Crippen LogP contribution in [0.3, 0.4) is 0 Å². The van der Waals surface area contributed by atoms with E-state index in [2.05, 4.69) is 4.98 Å². The van der Waals surface area contributed by atoms with Gasteiger partial charge in [0, 0.05) is 24.5 Å². The van der Waals surface area contributed by atoms with Crippen molar-refractivity contribution in [3.05, 3.63) is 36.3 Å². The van der Waals surface area contributed by atoms with Crippen molar-refractivity contribution in [3.63, 3.8) is 0 Å². The first-order valence-corrected chi connectivity index (χ1v) is 7.62. The summed E-state index contributed by atoms with van der Waals surface area (Å²) in [7, 11) is 0. The zero-order valence-electron chi connectivity index (χ0n) is 11.9. The fourth-order valence-electron chi connectivity index (χ4n) is 3.87. The number of piperidine rings is 1. The van der Waals surface area contributed by atoms with E-state index in [0.717, 1.165) is 37.0 Å². The number of aromatic nitrogens is 2. The lowest BCUT2D eigenvalue weighted by Crippen LogP contribution is -2.48. The van der Waals surface area contributed by atoms with Gasteiger partial charge in [-0.2, -0.15) is 0 Å². The van der Waals surface area contributed by atoms with E-state index in [1.54, 1.807) is 0 Å². The normalized spacial score (nSPS) is 28.2. The smallest absolute Gasteiger partial charge is 0.229 e. The number of aliphatic hydroxyl groups excluding tert-OH is 1. The summed E-state index contributed by atoms with van der Waals surface area (Å²) in [6.45, 7) is 0. The Kier molecular flexibility index (Phi) is 2.96. The van der Waals surface area contributed by atoms with Crippen molar-refractivity contribution in [1.82, 2.24) is 14.3 Å². The Bertz CT molecular complexity index is 634. The molecule has 0 radical (unpaired) electrons. The maximum atomic E-state index is 12.6. The lowest BCUT2D eigenvalue weighted by atomic mass is 9.99. The average Bonchev–Trinajstić information content (AvgIpc) is 2.97. The molecule has 2 saturated heterocycles. The van der Waals surface area contributed by atoms with Gasteiger partial charge in [0.2, 0.25) is 5.91 Å². The molecule has 21 heavy (non-hydrogen) atoms. The van der Waals surface area contributed by atoms with E-state index >= 15 is 0 Å². The number of imidazole rings is 1. The molecule has 2 unspecified atom stereocenters. The summed E-state index contributed by atoms with van der Waals surface area (Å²) in [6.07, 6.45) is 7.50. The summed E-state index contributed by atoms with van der Waals surface area (Å²) < 4.78 is 1.94. The topological polar surface area (TPSA) is 57.8 Å². The van der Waals surface area contributed by atoms with Crippen LogP contribution in [0, 0.1) is 0 Å². The van der Waals surface area contributed by atoms with Crippen molar-refractivity contribution in [2.75, 3.05) is 0 Å². The molecule has 5 heteroatoms. The number of nitrogens with zero attached hydrogens (tertiary/aromatic N) is 3. The van der Waals surface area contributed by atoms with Gasteiger partial charge in [0.25, 0.3) is 0 Å². The number of fused-ring (bicyclic) bond motifs is 3. The zero-order valence-corrected chi connectivity index (χ0v) is 11.9. The standard InChI is InChI=1S/C16H19N3O2/c20-14-8-12-4-5-13(9-14)19(12)16(21)7-11-10-18-6-2-1-3-15(18)17-11/h1-3,6,10,12-14,20H,4-5,7-9H2. The van der Waals surface area contributed by atoms with Crippen molar-refractivity contribution in [1.29, 1.82) is 0 Å². The van der Waals surface area contributed by atoms with Crippen molar-refractivity contribution >= 4 is 11.6 Å². The van der Waals surface area contributed by atoms with Crippen molar-refractivity contribution in [2.45, 2.75) is 50.3 Å². The zero-order chi connectivity index (χ0) is 14.4. The van der Waals surface area contributed by atoms with Crippen LogP contribution in [0.1, 0.15) is 31.4 Å². The third-order valence-corrected chi connectivity index (χ3v) is 4.74. The molecule has 2 aliphatic rings. The Hall–Kier alpha value is -1.88. The molecule has 2 fully saturated rings. The molecule has 0 saturated carbocycles. The highest BCUT2D eigenvalue weighted by Gasteiger charge is 2.42. The SMILES string of the molecule is O=C(Cc1cn2ccccc2n1)N1C2CCC1CC(O)C2. The Morgan fingerprint density at radius 2 is 2.05 bits per heavy atom. The molecule has 1 N–H and O–H groups in total. The Labute approximate surface area is 123 Å². The van der Waals surface area contributed by atoms with Gasteiger partial charge in [-0.3, -0.25) is 4.79 Å². The fraction of sp³-hybridized carbons (Fsp3) is 0.500. The van der Waals surface area contributed by atoms with Crippen LogP contribution in [0.15, 0.2) is 30.6 Å². The summed E-state index contributed by atoms with van der Waals surface area (Å²) in [5, 5.41) is 9.82. The van der Waals surface area contributed by atoms with Crippen LogP contribution in [-0.4, -0.2) is 43.5 Å². The highest BCUT2D eigenvalue weighted by atomic mass is 16.3. The van der Waals surface area contributed by atoms with E-state index in [-0.39, 0.29) is 24.1 Å². The molecule has 1 amide bonds. The van der Waals surface area contributed by atoms with Crippen LogP contribution in [0.2, 0.25) is 0 Å². The van der Waals surface area contributed by atoms with Crippen molar-refractivity contribution < 1.29 is 9.90 Å². The monoisotopic (exact) mass is 285 g/mol. The van der Waals surface area contributed by atoms with E-state index < -0.39 is 0 Å². The number of rotatable bonds is 2. The average molecular weight is 285 g/mol. The first-order chi connectivity index (χ1) is 10.2. The van der Waals surface area contributed by atoms with Gasteiger partial charge in [-0.05, 0) is 37.8 Å². The number of amides is 1. The molecule has 2 aliphatic heterocycles. The van der Waals surface area contributed by atoms with E-state index in [4.69, 9.17) is 0 Å². The third kappa shape index (κ3) is 2.21. The molecule has 4 heterocycles. The van der Waals surface area contributed by atoms with Gasteiger partial charge in [-0.15, -0.1) is 0 Å². The predicted molar refractivity (Wildman–Crippen MR) is 77.8 cm³/mol. The van der Waals surface area contributed by atoms with Gasteiger partial charge >= 0.3 is 0 Å². The van der Waals surface area contributed by atoms with Gasteiger partial charge in [-0.1, -0.05) is 6.07 Å². The van der Waals surface area contributed by atoms with E-state index in [9.17, 15) is 9.90 Å². The van der Waals surface area contributed by atoms with Gasteiger partial charge in [0.05, 0.1) is 18.2 Å². The molecular formula is C16H19N3O2. The molecule has 2 bridgehead atoms. The first-order valence-electron chi connectivity index (χ1n) is 7.62. The highest BCUT2D eigenvalue weighted by molar-refractivity contribution is 5.79. The molecule has 110 valence electrons. The Balaban J connectivity index is 1.53. The minimum absolute atomic E-state index is 0.151. The highest BCUT2D eigenvalue weighted by Crippen LogP contribution is 2.36. The van der Waals surface area contributed by atoms with Crippen LogP contribution in [0.4, 0.5) is 0 Å². The van der Waals surface area contributed by atoms with Crippen LogP contribution in [-0.2, 0) is 11.2 Å². The predicted octanol–water partition coefficient (Wildman–Crippen LogP) is 1.39. The Morgan fingerprint density at radius 1 is 1.29 bits per heavy atom. The molecule has 2 atom stereocenters. The van der Waals surface area contributed by atoms with Crippen LogP contribution in [0.5, 0.6) is 0 Å². The van der Waals surface area contributed by atoms with Crippen molar-refractivity contribution in [2.24, 2.45) is 0 Å². The molecule has 4 rings (SSSR count). The van der Waals surface area contributed by atoms with Gasteiger partial charge < -0.3 is 14.4 Å². The lowest BCUT2D eigenvalue weighted by Gasteiger charge is -2.37. The molecule has 0 spiro atoms. The molecule has 5 nitrogen and oxygen atoms in total. The van der Waals surface area contributed by atoms with E-state index in [1.165, 1.54) is 0 Å². The molecule has 0 aliphatic carbocycles. The van der Waals surface area contributed by atoms with E-state index in [0.29, 0.717) is 6.42 Å². The maximum absolute atomic E-state index is 12.6. The minimum Gasteiger partial charge on any atom is -0.393 e. The fourth-order valence-corrected chi connectivity index (χ4v) is 3.87.